The highest BCUT2D eigenvalue weighted by atomic mass is 36.0. The standard InChI is InChI=1S/C5H4Cl2N2.C5H6N2O2.C5H4O3.Cl3OP.H4N2/c1-3-2-4(6)8-9-5(3)7;1-3-2-4(8)6-7-5(3)9;1-3-2-4(6)8-5(3)7;1-5(2,3)4;1-2/h2H,1H3;2H,1H3,(H,6,8)(H,7,9);2H,1H3;;1-2H2. The first-order valence-corrected chi connectivity index (χ1v) is 13.2. The van der Waals surface area contributed by atoms with Crippen LogP contribution in [0.1, 0.15) is 18.1 Å². The highest BCUT2D eigenvalue weighted by molar-refractivity contribution is 8.24. The van der Waals surface area contributed by atoms with Gasteiger partial charge in [0.25, 0.3) is 11.1 Å². The van der Waals surface area contributed by atoms with Crippen molar-refractivity contribution in [2.45, 2.75) is 20.8 Å². The van der Waals surface area contributed by atoms with E-state index in [0.717, 1.165) is 5.56 Å². The predicted octanol–water partition coefficient (Wildman–Crippen LogP) is 3.11. The number of nitrogens with zero attached hydrogens (tertiary/aromatic N) is 2. The molecule has 3 heterocycles. The fourth-order valence-electron chi connectivity index (χ4n) is 1.39. The molecule has 12 nitrogen and oxygen atoms in total. The molecule has 0 unspecified atom stereocenters. The van der Waals surface area contributed by atoms with E-state index in [2.05, 4.69) is 70.5 Å². The molecule has 184 valence electrons. The topological polar surface area (TPSA) is 204 Å². The van der Waals surface area contributed by atoms with Gasteiger partial charge in [-0.25, -0.2) is 9.59 Å². The second-order valence-corrected chi connectivity index (χ2v) is 12.7. The van der Waals surface area contributed by atoms with Crippen molar-refractivity contribution >= 4 is 74.1 Å². The van der Waals surface area contributed by atoms with Crippen molar-refractivity contribution in [3.63, 3.8) is 0 Å². The number of carbonyl (C=O) groups excluding carboxylic acids is 2. The lowest BCUT2D eigenvalue weighted by atomic mass is 10.3. The molecule has 33 heavy (non-hydrogen) atoms. The number of hydrazine groups is 1. The highest BCUT2D eigenvalue weighted by Gasteiger charge is 2.18. The maximum absolute atomic E-state index is 10.5. The summed E-state index contributed by atoms with van der Waals surface area (Å²) in [6, 6.07) is 2.91. The van der Waals surface area contributed by atoms with Crippen molar-refractivity contribution in [1.82, 2.24) is 20.4 Å². The third-order valence-corrected chi connectivity index (χ3v) is 3.31. The van der Waals surface area contributed by atoms with Gasteiger partial charge in [0, 0.05) is 23.3 Å². The number of rotatable bonds is 0. The maximum Gasteiger partial charge on any atom is 0.341 e. The first kappa shape index (κ1) is 33.4. The Morgan fingerprint density at radius 3 is 1.70 bits per heavy atom. The SMILES string of the molecule is CC1=CC(=O)OC1=O.Cc1cc(=O)[nH][nH]c1=O.Cc1cc(Cl)nnc1Cl.NN.O=P(Cl)(Cl)Cl. The molecule has 0 fully saturated rings. The van der Waals surface area contributed by atoms with Gasteiger partial charge < -0.3 is 4.74 Å². The third kappa shape index (κ3) is 18.4. The van der Waals surface area contributed by atoms with Gasteiger partial charge in [-0.3, -0.25) is 36.0 Å². The fourth-order valence-corrected chi connectivity index (χ4v) is 1.68. The Kier molecular flexibility index (Phi) is 17.0. The van der Waals surface area contributed by atoms with Crippen LogP contribution in [0.25, 0.3) is 0 Å². The van der Waals surface area contributed by atoms with E-state index in [-0.39, 0.29) is 11.1 Å². The number of aromatic amines is 2. The van der Waals surface area contributed by atoms with Crippen LogP contribution in [-0.4, -0.2) is 32.3 Å². The van der Waals surface area contributed by atoms with Crippen molar-refractivity contribution in [2.24, 2.45) is 11.7 Å². The smallest absolute Gasteiger partial charge is 0.341 e. The van der Waals surface area contributed by atoms with Gasteiger partial charge in [0.15, 0.2) is 10.3 Å². The molecule has 1 aliphatic rings. The number of H-pyrrole nitrogens is 2. The minimum Gasteiger partial charge on any atom is -0.386 e. The third-order valence-electron chi connectivity index (χ3n) is 2.75. The Bertz CT molecular complexity index is 1120. The van der Waals surface area contributed by atoms with Crippen molar-refractivity contribution in [2.75, 3.05) is 0 Å². The second kappa shape index (κ2) is 16.8. The molecule has 0 saturated carbocycles. The van der Waals surface area contributed by atoms with Crippen LogP contribution in [-0.2, 0) is 18.9 Å². The monoisotopic (exact) mass is 584 g/mol. The van der Waals surface area contributed by atoms with Crippen LogP contribution in [0.15, 0.2) is 33.4 Å². The zero-order valence-corrected chi connectivity index (χ0v) is 21.7. The molecule has 0 amide bonds. The molecular weight excluding hydrogens is 568 g/mol. The molecule has 18 heteroatoms. The number of carbonyl (C=O) groups is 2. The summed E-state index contributed by atoms with van der Waals surface area (Å²) in [5, 5.41) is 8.96. The summed E-state index contributed by atoms with van der Waals surface area (Å²) in [7, 11) is 0. The number of esters is 2. The fraction of sp³-hybridized carbons (Fsp3) is 0.200. The first-order chi connectivity index (χ1) is 15.1. The van der Waals surface area contributed by atoms with Crippen LogP contribution in [0.3, 0.4) is 0 Å². The Morgan fingerprint density at radius 1 is 0.909 bits per heavy atom. The van der Waals surface area contributed by atoms with E-state index >= 15 is 0 Å². The summed E-state index contributed by atoms with van der Waals surface area (Å²) >= 11 is 24.9. The predicted molar refractivity (Wildman–Crippen MR) is 128 cm³/mol. The van der Waals surface area contributed by atoms with Gasteiger partial charge in [-0.05, 0) is 66.1 Å². The molecule has 0 atom stereocenters. The van der Waals surface area contributed by atoms with E-state index in [1.54, 1.807) is 13.0 Å². The number of ether oxygens (including phenoxy) is 1. The number of nitrogens with one attached hydrogen (secondary N) is 2. The van der Waals surface area contributed by atoms with Gasteiger partial charge in [-0.1, -0.05) is 23.2 Å². The van der Waals surface area contributed by atoms with Crippen LogP contribution in [0.4, 0.5) is 0 Å². The van der Waals surface area contributed by atoms with Crippen LogP contribution >= 0.6 is 62.1 Å². The van der Waals surface area contributed by atoms with E-state index in [0.29, 0.717) is 21.4 Å². The lowest BCUT2D eigenvalue weighted by Gasteiger charge is -1.92. The van der Waals surface area contributed by atoms with Gasteiger partial charge in [0.1, 0.15) is 0 Å². The van der Waals surface area contributed by atoms with Gasteiger partial charge in [-0.2, -0.15) is 0 Å². The summed E-state index contributed by atoms with van der Waals surface area (Å²) in [6.45, 7) is 4.93. The van der Waals surface area contributed by atoms with Gasteiger partial charge in [-0.15, -0.1) is 10.2 Å². The lowest BCUT2D eigenvalue weighted by molar-refractivity contribution is -0.150. The van der Waals surface area contributed by atoms with Crippen LogP contribution in [0.2, 0.25) is 10.3 Å². The van der Waals surface area contributed by atoms with Crippen molar-refractivity contribution in [1.29, 1.82) is 0 Å². The van der Waals surface area contributed by atoms with Crippen molar-refractivity contribution in [3.05, 3.63) is 65.9 Å². The van der Waals surface area contributed by atoms with Crippen LogP contribution < -0.4 is 22.8 Å². The van der Waals surface area contributed by atoms with Gasteiger partial charge in [0.05, 0.1) is 0 Å². The Morgan fingerprint density at radius 2 is 1.42 bits per heavy atom. The minimum atomic E-state index is -3.22. The summed E-state index contributed by atoms with van der Waals surface area (Å²) in [5.41, 5.74) is 1.10. The Labute approximate surface area is 211 Å². The zero-order chi connectivity index (χ0) is 26.4. The largest absolute Gasteiger partial charge is 0.386 e. The molecule has 0 aliphatic carbocycles. The number of aromatic nitrogens is 4. The van der Waals surface area contributed by atoms with Gasteiger partial charge >= 0.3 is 17.1 Å². The summed E-state index contributed by atoms with van der Waals surface area (Å²) < 4.78 is 13.6. The van der Waals surface area contributed by atoms with Gasteiger partial charge in [0.2, 0.25) is 0 Å². The molecule has 6 N–H and O–H groups in total. The zero-order valence-electron chi connectivity index (χ0n) is 17.1. The molecule has 2 aromatic rings. The highest BCUT2D eigenvalue weighted by Crippen LogP contribution is 2.61. The normalized spacial score (nSPS) is 11.6. The lowest BCUT2D eigenvalue weighted by Crippen LogP contribution is -2.19. The van der Waals surface area contributed by atoms with Crippen molar-refractivity contribution < 1.29 is 18.9 Å². The minimum absolute atomic E-state index is 0.255. The molecular formula is C15H18Cl5N6O6P. The van der Waals surface area contributed by atoms with E-state index < -0.39 is 17.1 Å². The average molecular weight is 587 g/mol. The second-order valence-electron chi connectivity index (χ2n) is 5.35. The Hall–Kier alpha value is -1.76. The number of hydrogen-bond donors (Lipinski definition) is 4. The van der Waals surface area contributed by atoms with Crippen LogP contribution in [0.5, 0.6) is 0 Å². The molecule has 2 aromatic heterocycles. The first-order valence-electron chi connectivity index (χ1n) is 8.00. The molecule has 0 radical (unpaired) electrons. The number of nitrogens with two attached hydrogens (primary N) is 2. The molecule has 3 rings (SSSR count). The molecule has 0 bridgehead atoms. The number of hydrogen-bond acceptors (Lipinski definition) is 10. The van der Waals surface area contributed by atoms with E-state index in [4.69, 9.17) is 23.2 Å². The molecule has 1 aliphatic heterocycles. The summed E-state index contributed by atoms with van der Waals surface area (Å²) in [4.78, 5) is 41.4. The summed E-state index contributed by atoms with van der Waals surface area (Å²) in [5.74, 6) is 6.91. The van der Waals surface area contributed by atoms with E-state index in [1.165, 1.54) is 19.1 Å². The van der Waals surface area contributed by atoms with E-state index in [9.17, 15) is 23.7 Å². The summed E-state index contributed by atoms with van der Waals surface area (Å²) in [6.07, 6.45) is 1.17. The number of cyclic esters (lactones) is 2. The average Bonchev–Trinajstić information content (AvgIpc) is 2.98. The van der Waals surface area contributed by atoms with Crippen LogP contribution in [0, 0.1) is 13.8 Å². The molecule has 0 aromatic carbocycles. The van der Waals surface area contributed by atoms with E-state index in [1.807, 2.05) is 6.92 Å². The maximum atomic E-state index is 10.5. The number of halogens is 5. The quantitative estimate of drug-likeness (QED) is 0.117. The number of aryl methyl sites for hydroxylation is 2. The van der Waals surface area contributed by atoms with Crippen molar-refractivity contribution in [3.8, 4) is 0 Å². The Balaban J connectivity index is 0. The molecule has 0 saturated heterocycles. The molecule has 0 spiro atoms.